The summed E-state index contributed by atoms with van der Waals surface area (Å²) in [6, 6.07) is 6.36. The van der Waals surface area contributed by atoms with Crippen LogP contribution in [0.2, 0.25) is 0 Å². The molecule has 0 saturated carbocycles. The fourth-order valence-corrected chi connectivity index (χ4v) is 1.70. The van der Waals surface area contributed by atoms with Gasteiger partial charge in [0.2, 0.25) is 0 Å². The molecule has 0 aliphatic heterocycles. The van der Waals surface area contributed by atoms with Crippen molar-refractivity contribution < 1.29 is 4.74 Å². The zero-order chi connectivity index (χ0) is 12.5. The van der Waals surface area contributed by atoms with Crippen molar-refractivity contribution in [1.82, 2.24) is 0 Å². The summed E-state index contributed by atoms with van der Waals surface area (Å²) in [6.45, 7) is 7.01. The molecule has 0 fully saturated rings. The maximum absolute atomic E-state index is 5.62. The van der Waals surface area contributed by atoms with Gasteiger partial charge in [0.15, 0.2) is 0 Å². The van der Waals surface area contributed by atoms with Crippen LogP contribution in [0.5, 0.6) is 5.75 Å². The Morgan fingerprint density at radius 2 is 1.88 bits per heavy atom. The molecule has 1 rings (SSSR count). The molecule has 0 spiro atoms. The van der Waals surface area contributed by atoms with E-state index < -0.39 is 0 Å². The van der Waals surface area contributed by atoms with Crippen LogP contribution in [0, 0.1) is 18.8 Å². The van der Waals surface area contributed by atoms with E-state index in [1.807, 2.05) is 6.92 Å². The summed E-state index contributed by atoms with van der Waals surface area (Å²) < 4.78 is 5.62. The van der Waals surface area contributed by atoms with E-state index in [0.29, 0.717) is 0 Å². The summed E-state index contributed by atoms with van der Waals surface area (Å²) in [5, 5.41) is 0. The van der Waals surface area contributed by atoms with E-state index in [0.717, 1.165) is 38.0 Å². The number of benzene rings is 1. The number of aryl methyl sites for hydroxylation is 2. The second-order valence-electron chi connectivity index (χ2n) is 4.15. The van der Waals surface area contributed by atoms with Crippen LogP contribution in [0.25, 0.3) is 0 Å². The highest BCUT2D eigenvalue weighted by Crippen LogP contribution is 2.21. The van der Waals surface area contributed by atoms with Gasteiger partial charge in [-0.1, -0.05) is 24.6 Å². The predicted octanol–water partition coefficient (Wildman–Crippen LogP) is 4.13. The van der Waals surface area contributed by atoms with E-state index in [1.54, 1.807) is 0 Å². The molecule has 1 aromatic carbocycles. The minimum absolute atomic E-state index is 0.720. The van der Waals surface area contributed by atoms with Gasteiger partial charge in [0.25, 0.3) is 0 Å². The normalized spacial score (nSPS) is 9.59. The Bertz CT molecular complexity index is 396. The van der Waals surface area contributed by atoms with Crippen molar-refractivity contribution in [2.45, 2.75) is 46.5 Å². The molecule has 0 amide bonds. The van der Waals surface area contributed by atoms with Crippen molar-refractivity contribution in [3.8, 4) is 17.6 Å². The quantitative estimate of drug-likeness (QED) is 0.691. The molecule has 1 aromatic rings. The largest absolute Gasteiger partial charge is 0.494 e. The van der Waals surface area contributed by atoms with Gasteiger partial charge in [-0.3, -0.25) is 0 Å². The van der Waals surface area contributed by atoms with Crippen LogP contribution in [0.15, 0.2) is 18.2 Å². The monoisotopic (exact) mass is 230 g/mol. The van der Waals surface area contributed by atoms with Gasteiger partial charge < -0.3 is 4.74 Å². The van der Waals surface area contributed by atoms with E-state index >= 15 is 0 Å². The zero-order valence-electron chi connectivity index (χ0n) is 11.2. The molecule has 0 unspecified atom stereocenters. The first kappa shape index (κ1) is 13.6. The predicted molar refractivity (Wildman–Crippen MR) is 73.4 cm³/mol. The minimum atomic E-state index is 0.720. The Balaban J connectivity index is 2.62. The molecule has 92 valence electrons. The molecule has 0 N–H and O–H groups in total. The minimum Gasteiger partial charge on any atom is -0.494 e. The maximum atomic E-state index is 5.62. The Morgan fingerprint density at radius 1 is 1.12 bits per heavy atom. The van der Waals surface area contributed by atoms with Crippen LogP contribution in [0.3, 0.4) is 0 Å². The van der Waals surface area contributed by atoms with Gasteiger partial charge in [-0.2, -0.15) is 0 Å². The van der Waals surface area contributed by atoms with Gasteiger partial charge in [0.05, 0.1) is 6.61 Å². The molecule has 0 bridgehead atoms. The average Bonchev–Trinajstić information content (AvgIpc) is 2.32. The number of rotatable bonds is 5. The molecule has 0 heterocycles. The number of ether oxygens (including phenoxy) is 1. The van der Waals surface area contributed by atoms with E-state index in [9.17, 15) is 0 Å². The molecule has 0 aliphatic rings. The molecular formula is C16H22O. The van der Waals surface area contributed by atoms with Crippen molar-refractivity contribution >= 4 is 0 Å². The summed E-state index contributed by atoms with van der Waals surface area (Å²) >= 11 is 0. The summed E-state index contributed by atoms with van der Waals surface area (Å²) in [7, 11) is 0. The fraction of sp³-hybridized carbons (Fsp3) is 0.500. The highest BCUT2D eigenvalue weighted by Gasteiger charge is 2.02. The molecule has 1 nitrogen and oxygen atoms in total. The third kappa shape index (κ3) is 4.95. The van der Waals surface area contributed by atoms with Crippen LogP contribution >= 0.6 is 0 Å². The molecule has 0 aromatic heterocycles. The molecule has 1 heteroatoms. The van der Waals surface area contributed by atoms with Crippen molar-refractivity contribution in [3.05, 3.63) is 29.3 Å². The van der Waals surface area contributed by atoms with Crippen LogP contribution in [0.1, 0.15) is 44.2 Å². The lowest BCUT2D eigenvalue weighted by molar-refractivity contribution is 0.336. The lowest BCUT2D eigenvalue weighted by Gasteiger charge is -2.09. The van der Waals surface area contributed by atoms with Crippen molar-refractivity contribution in [1.29, 1.82) is 0 Å². The molecule has 0 atom stereocenters. The fourth-order valence-electron chi connectivity index (χ4n) is 1.70. The summed E-state index contributed by atoms with van der Waals surface area (Å²) in [5.41, 5.74) is 2.56. The average molecular weight is 230 g/mol. The lowest BCUT2D eigenvalue weighted by Crippen LogP contribution is -1.97. The first-order valence-corrected chi connectivity index (χ1v) is 6.46. The van der Waals surface area contributed by atoms with Crippen molar-refractivity contribution in [2.75, 3.05) is 6.61 Å². The van der Waals surface area contributed by atoms with E-state index in [4.69, 9.17) is 4.74 Å². The first-order valence-electron chi connectivity index (χ1n) is 6.46. The Labute approximate surface area is 105 Å². The Kier molecular flexibility index (Phi) is 6.25. The number of hydrogen-bond acceptors (Lipinski definition) is 1. The lowest BCUT2D eigenvalue weighted by atomic mass is 10.1. The topological polar surface area (TPSA) is 9.23 Å². The van der Waals surface area contributed by atoms with Crippen molar-refractivity contribution in [3.63, 3.8) is 0 Å². The smallest absolute Gasteiger partial charge is 0.122 e. The van der Waals surface area contributed by atoms with Gasteiger partial charge in [-0.05, 0) is 38.3 Å². The van der Waals surface area contributed by atoms with Crippen molar-refractivity contribution in [2.24, 2.45) is 0 Å². The molecule has 0 radical (unpaired) electrons. The van der Waals surface area contributed by atoms with E-state index in [2.05, 4.69) is 43.9 Å². The van der Waals surface area contributed by atoms with E-state index in [1.165, 1.54) is 11.1 Å². The van der Waals surface area contributed by atoms with Gasteiger partial charge >= 0.3 is 0 Å². The third-order valence-electron chi connectivity index (χ3n) is 2.54. The van der Waals surface area contributed by atoms with Crippen LogP contribution < -0.4 is 4.74 Å². The van der Waals surface area contributed by atoms with Gasteiger partial charge in [0.1, 0.15) is 5.75 Å². The molecule has 0 saturated heterocycles. The Hall–Kier alpha value is -1.42. The summed E-state index contributed by atoms with van der Waals surface area (Å²) in [4.78, 5) is 0. The van der Waals surface area contributed by atoms with Gasteiger partial charge in [-0.25, -0.2) is 0 Å². The second-order valence-corrected chi connectivity index (χ2v) is 4.15. The first-order chi connectivity index (χ1) is 8.27. The maximum Gasteiger partial charge on any atom is 0.122 e. The van der Waals surface area contributed by atoms with Gasteiger partial charge in [-0.15, -0.1) is 11.8 Å². The standard InChI is InChI=1S/C16H22O/c1-4-6-7-8-9-10-15-13-14(3)11-12-16(15)17-5-2/h11-13H,4-6,9-10H2,1-3H3. The van der Waals surface area contributed by atoms with Crippen LogP contribution in [-0.4, -0.2) is 6.61 Å². The highest BCUT2D eigenvalue weighted by molar-refractivity contribution is 5.37. The molecular weight excluding hydrogens is 208 g/mol. The highest BCUT2D eigenvalue weighted by atomic mass is 16.5. The SMILES string of the molecule is CCCC#CCCc1cc(C)ccc1OCC. The van der Waals surface area contributed by atoms with Gasteiger partial charge in [0, 0.05) is 12.8 Å². The summed E-state index contributed by atoms with van der Waals surface area (Å²) in [6.07, 6.45) is 4.05. The molecule has 0 aliphatic carbocycles. The second kappa shape index (κ2) is 7.79. The summed E-state index contributed by atoms with van der Waals surface area (Å²) in [5.74, 6) is 7.41. The number of unbranched alkanes of at least 4 members (excludes halogenated alkanes) is 1. The van der Waals surface area contributed by atoms with E-state index in [-0.39, 0.29) is 0 Å². The zero-order valence-corrected chi connectivity index (χ0v) is 11.2. The van der Waals surface area contributed by atoms with Crippen LogP contribution in [-0.2, 0) is 6.42 Å². The third-order valence-corrected chi connectivity index (χ3v) is 2.54. The molecule has 17 heavy (non-hydrogen) atoms. The number of hydrogen-bond donors (Lipinski definition) is 0. The Morgan fingerprint density at radius 3 is 2.59 bits per heavy atom. The van der Waals surface area contributed by atoms with Crippen LogP contribution in [0.4, 0.5) is 0 Å².